The summed E-state index contributed by atoms with van der Waals surface area (Å²) in [5.74, 6) is -0.842. The quantitative estimate of drug-likeness (QED) is 0.276. The molecule has 0 saturated heterocycles. The average molecular weight is 394 g/mol. The molecule has 3 rings (SSSR count). The lowest BCUT2D eigenvalue weighted by molar-refractivity contribution is -0.151. The van der Waals surface area contributed by atoms with Crippen molar-refractivity contribution in [3.8, 4) is 0 Å². The summed E-state index contributed by atoms with van der Waals surface area (Å²) < 4.78 is 5.74. The molecule has 29 heavy (non-hydrogen) atoms. The van der Waals surface area contributed by atoms with Gasteiger partial charge in [-0.15, -0.1) is 0 Å². The fraction of sp³-hybridized carbons (Fsp3) is 0.304. The monoisotopic (exact) mass is 394 g/mol. The summed E-state index contributed by atoms with van der Waals surface area (Å²) in [6, 6.07) is 16.6. The molecule has 0 bridgehead atoms. The minimum Gasteiger partial charge on any atom is -0.461 e. The van der Waals surface area contributed by atoms with Crippen LogP contribution in [-0.4, -0.2) is 23.2 Å². The van der Waals surface area contributed by atoms with Gasteiger partial charge >= 0.3 is 5.97 Å². The molecule has 0 aliphatic heterocycles. The Hall–Kier alpha value is -2.96. The number of hydroxylamine groups is 1. The van der Waals surface area contributed by atoms with E-state index in [-0.39, 0.29) is 12.1 Å². The molecule has 6 heteroatoms. The van der Waals surface area contributed by atoms with Crippen LogP contribution in [0.25, 0.3) is 6.08 Å². The number of carbonyl (C=O) groups excluding carboxylic acids is 2. The Balaban J connectivity index is 1.69. The van der Waals surface area contributed by atoms with Crippen molar-refractivity contribution in [2.24, 2.45) is 0 Å². The minimum atomic E-state index is -0.590. The third kappa shape index (κ3) is 6.27. The number of hydrogen-bond acceptors (Lipinski definition) is 5. The molecule has 6 nitrogen and oxygen atoms in total. The highest BCUT2D eigenvalue weighted by atomic mass is 16.5. The first-order valence-electron chi connectivity index (χ1n) is 9.85. The van der Waals surface area contributed by atoms with Gasteiger partial charge in [0.2, 0.25) is 0 Å². The van der Waals surface area contributed by atoms with E-state index >= 15 is 0 Å². The molecule has 1 atom stereocenters. The number of amides is 1. The summed E-state index contributed by atoms with van der Waals surface area (Å²) in [5, 5.41) is 11.9. The molecule has 0 heterocycles. The van der Waals surface area contributed by atoms with E-state index in [0.717, 1.165) is 42.4 Å². The molecule has 0 aromatic heterocycles. The van der Waals surface area contributed by atoms with E-state index in [2.05, 4.69) is 5.32 Å². The zero-order chi connectivity index (χ0) is 20.5. The highest BCUT2D eigenvalue weighted by Gasteiger charge is 2.26. The van der Waals surface area contributed by atoms with Crippen LogP contribution in [0.3, 0.4) is 0 Å². The first-order valence-corrected chi connectivity index (χ1v) is 9.85. The zero-order valence-electron chi connectivity index (χ0n) is 16.2. The largest absolute Gasteiger partial charge is 0.461 e. The topological polar surface area (TPSA) is 87.7 Å². The Morgan fingerprint density at radius 1 is 1.10 bits per heavy atom. The van der Waals surface area contributed by atoms with Gasteiger partial charge in [0.15, 0.2) is 0 Å². The minimum absolute atomic E-state index is 0.0154. The number of rotatable bonds is 8. The lowest BCUT2D eigenvalue weighted by atomic mass is 10.1. The summed E-state index contributed by atoms with van der Waals surface area (Å²) >= 11 is 0. The average Bonchev–Trinajstić information content (AvgIpc) is 3.26. The van der Waals surface area contributed by atoms with Gasteiger partial charge in [0.25, 0.3) is 5.91 Å². The van der Waals surface area contributed by atoms with Gasteiger partial charge in [0, 0.05) is 12.6 Å². The number of ether oxygens (including phenoxy) is 1. The molecular weight excluding hydrogens is 368 g/mol. The van der Waals surface area contributed by atoms with Crippen molar-refractivity contribution < 1.29 is 19.5 Å². The van der Waals surface area contributed by atoms with E-state index in [9.17, 15) is 9.59 Å². The first kappa shape index (κ1) is 20.8. The summed E-state index contributed by atoms with van der Waals surface area (Å²) in [5.41, 5.74) is 4.21. The third-order valence-corrected chi connectivity index (χ3v) is 4.95. The molecule has 1 amide bonds. The Labute approximate surface area is 170 Å². The molecule has 1 aliphatic rings. The SMILES string of the molecule is O=C(C=Cc1cccc(CN[C@H](C(=O)OC2CCCC2)c2ccccc2)c1)NO. The maximum Gasteiger partial charge on any atom is 0.328 e. The number of benzene rings is 2. The molecule has 1 fully saturated rings. The number of hydrogen-bond donors (Lipinski definition) is 3. The van der Waals surface area contributed by atoms with Crippen LogP contribution in [0, 0.1) is 0 Å². The van der Waals surface area contributed by atoms with Crippen molar-refractivity contribution in [3.05, 3.63) is 77.4 Å². The normalized spacial score (nSPS) is 15.3. The maximum absolute atomic E-state index is 12.8. The second-order valence-corrected chi connectivity index (χ2v) is 7.12. The second-order valence-electron chi connectivity index (χ2n) is 7.12. The molecule has 1 aliphatic carbocycles. The smallest absolute Gasteiger partial charge is 0.328 e. The van der Waals surface area contributed by atoms with E-state index in [1.54, 1.807) is 11.6 Å². The number of carbonyl (C=O) groups is 2. The van der Waals surface area contributed by atoms with Crippen LogP contribution in [0.1, 0.15) is 48.4 Å². The van der Waals surface area contributed by atoms with Gasteiger partial charge in [0.05, 0.1) is 0 Å². The molecule has 0 radical (unpaired) electrons. The van der Waals surface area contributed by atoms with E-state index in [1.165, 1.54) is 6.08 Å². The van der Waals surface area contributed by atoms with E-state index < -0.39 is 11.9 Å². The van der Waals surface area contributed by atoms with E-state index in [4.69, 9.17) is 9.94 Å². The van der Waals surface area contributed by atoms with Gasteiger partial charge in [-0.1, -0.05) is 54.6 Å². The van der Waals surface area contributed by atoms with Gasteiger partial charge in [-0.3, -0.25) is 15.3 Å². The van der Waals surface area contributed by atoms with Crippen molar-refractivity contribution in [2.45, 2.75) is 44.4 Å². The maximum atomic E-state index is 12.8. The Morgan fingerprint density at radius 2 is 1.86 bits per heavy atom. The van der Waals surface area contributed by atoms with Crippen LogP contribution in [-0.2, 0) is 20.9 Å². The van der Waals surface area contributed by atoms with Crippen molar-refractivity contribution in [1.29, 1.82) is 0 Å². The lowest BCUT2D eigenvalue weighted by Gasteiger charge is -2.21. The van der Waals surface area contributed by atoms with Crippen LogP contribution in [0.5, 0.6) is 0 Å². The van der Waals surface area contributed by atoms with E-state index in [0.29, 0.717) is 6.54 Å². The lowest BCUT2D eigenvalue weighted by Crippen LogP contribution is -2.32. The summed E-state index contributed by atoms with van der Waals surface area (Å²) in [6.07, 6.45) is 6.95. The molecular formula is C23H26N2O4. The molecule has 0 unspecified atom stereocenters. The fourth-order valence-corrected chi connectivity index (χ4v) is 3.46. The molecule has 1 saturated carbocycles. The second kappa shape index (κ2) is 10.5. The van der Waals surface area contributed by atoms with Gasteiger partial charge in [-0.05, 0) is 48.4 Å². The van der Waals surface area contributed by atoms with Gasteiger partial charge in [-0.2, -0.15) is 0 Å². The van der Waals surface area contributed by atoms with Crippen molar-refractivity contribution >= 4 is 18.0 Å². The zero-order valence-corrected chi connectivity index (χ0v) is 16.2. The summed E-state index contributed by atoms with van der Waals surface area (Å²) in [6.45, 7) is 0.465. The predicted molar refractivity (Wildman–Crippen MR) is 110 cm³/mol. The van der Waals surface area contributed by atoms with Crippen LogP contribution in [0.2, 0.25) is 0 Å². The summed E-state index contributed by atoms with van der Waals surface area (Å²) in [7, 11) is 0. The number of nitrogens with one attached hydrogen (secondary N) is 2. The van der Waals surface area contributed by atoms with Crippen LogP contribution >= 0.6 is 0 Å². The highest BCUT2D eigenvalue weighted by Crippen LogP contribution is 2.24. The Kier molecular flexibility index (Phi) is 7.55. The Morgan fingerprint density at radius 3 is 2.59 bits per heavy atom. The van der Waals surface area contributed by atoms with Crippen molar-refractivity contribution in [1.82, 2.24) is 10.8 Å². The standard InChI is InChI=1S/C23H26N2O4/c26-21(25-28)14-13-17-7-6-8-18(15-17)16-24-22(19-9-2-1-3-10-19)23(27)29-20-11-4-5-12-20/h1-3,6-10,13-15,20,22,24,28H,4-5,11-12,16H2,(H,25,26)/t22-/m0/s1. The molecule has 2 aromatic carbocycles. The van der Waals surface area contributed by atoms with Crippen LogP contribution in [0.4, 0.5) is 0 Å². The predicted octanol–water partition coefficient (Wildman–Crippen LogP) is 3.52. The van der Waals surface area contributed by atoms with Crippen molar-refractivity contribution in [2.75, 3.05) is 0 Å². The first-order chi connectivity index (χ1) is 14.2. The van der Waals surface area contributed by atoms with E-state index in [1.807, 2.05) is 54.6 Å². The molecule has 0 spiro atoms. The van der Waals surface area contributed by atoms with Gasteiger partial charge in [0.1, 0.15) is 12.1 Å². The summed E-state index contributed by atoms with van der Waals surface area (Å²) in [4.78, 5) is 24.0. The molecule has 152 valence electrons. The molecule has 3 N–H and O–H groups in total. The van der Waals surface area contributed by atoms with Gasteiger partial charge < -0.3 is 4.74 Å². The Bertz CT molecular complexity index is 845. The van der Waals surface area contributed by atoms with Crippen LogP contribution in [0.15, 0.2) is 60.7 Å². The van der Waals surface area contributed by atoms with Gasteiger partial charge in [-0.25, -0.2) is 10.3 Å². The third-order valence-electron chi connectivity index (χ3n) is 4.95. The number of esters is 1. The van der Waals surface area contributed by atoms with Crippen molar-refractivity contribution in [3.63, 3.8) is 0 Å². The van der Waals surface area contributed by atoms with Crippen LogP contribution < -0.4 is 10.8 Å². The highest BCUT2D eigenvalue weighted by molar-refractivity contribution is 5.90. The molecule has 2 aromatic rings. The fourth-order valence-electron chi connectivity index (χ4n) is 3.46.